The number of guanidine groups is 1. The highest BCUT2D eigenvalue weighted by Gasteiger charge is 2.27. The third kappa shape index (κ3) is 7.56. The molecule has 1 unspecified atom stereocenters. The molecule has 0 aliphatic carbocycles. The molecule has 1 atom stereocenters. The van der Waals surface area contributed by atoms with Crippen LogP contribution in [0.4, 0.5) is 5.69 Å². The molecule has 0 saturated heterocycles. The molecule has 3 aromatic rings. The van der Waals surface area contributed by atoms with Crippen molar-refractivity contribution in [3.05, 3.63) is 96.1 Å². The zero-order chi connectivity index (χ0) is 27.5. The van der Waals surface area contributed by atoms with Gasteiger partial charge >= 0.3 is 5.97 Å². The van der Waals surface area contributed by atoms with Crippen LogP contribution in [0.5, 0.6) is 0 Å². The molecular formula is C27H31N5O5S. The molecule has 0 spiro atoms. The van der Waals surface area contributed by atoms with Gasteiger partial charge in [0.25, 0.3) is 10.0 Å². The van der Waals surface area contributed by atoms with Gasteiger partial charge in [-0.3, -0.25) is 9.59 Å². The molecule has 0 heterocycles. The van der Waals surface area contributed by atoms with Crippen LogP contribution in [0.1, 0.15) is 36.8 Å². The van der Waals surface area contributed by atoms with E-state index in [9.17, 15) is 18.0 Å². The van der Waals surface area contributed by atoms with Crippen LogP contribution in [0.2, 0.25) is 0 Å². The smallest absolute Gasteiger partial charge is 0.307 e. The Labute approximate surface area is 222 Å². The molecular weight excluding hydrogens is 506 g/mol. The van der Waals surface area contributed by atoms with E-state index < -0.39 is 21.9 Å². The quantitative estimate of drug-likeness (QED) is 0.139. The normalized spacial score (nSPS) is 11.7. The number of nitrogens with zero attached hydrogens (tertiary/aromatic N) is 2. The maximum Gasteiger partial charge on any atom is 0.307 e. The number of hydrazone groups is 1. The van der Waals surface area contributed by atoms with E-state index in [1.807, 2.05) is 30.3 Å². The van der Waals surface area contributed by atoms with E-state index in [1.54, 1.807) is 49.4 Å². The summed E-state index contributed by atoms with van der Waals surface area (Å²) < 4.78 is 32.5. The topological polar surface area (TPSA) is 157 Å². The van der Waals surface area contributed by atoms with E-state index in [4.69, 9.17) is 16.2 Å². The summed E-state index contributed by atoms with van der Waals surface area (Å²) >= 11 is 0. The standard InChI is InChI=1S/C27H31N5O5S/c1-2-37-26(34)16-17-30-25(33)19-24(20-10-5-3-6-11-20)21-12-9-13-22(18-21)32(31-27(28)29)38(35,36)23-14-7-4-8-15-23/h3-15,18,24H,2,16-17,19H2,1H3,(H,30,33)(H4,28,29,31). The number of amides is 1. The maximum atomic E-state index is 13.4. The number of benzene rings is 3. The van der Waals surface area contributed by atoms with Crippen molar-refractivity contribution in [2.75, 3.05) is 17.6 Å². The molecule has 0 aromatic heterocycles. The van der Waals surface area contributed by atoms with Crippen LogP contribution in [0.15, 0.2) is 94.9 Å². The highest BCUT2D eigenvalue weighted by atomic mass is 32.2. The maximum absolute atomic E-state index is 13.4. The van der Waals surface area contributed by atoms with Crippen molar-refractivity contribution < 1.29 is 22.7 Å². The van der Waals surface area contributed by atoms with Gasteiger partial charge in [0.15, 0.2) is 0 Å². The van der Waals surface area contributed by atoms with Crippen LogP contribution in [0.25, 0.3) is 0 Å². The molecule has 3 aromatic carbocycles. The van der Waals surface area contributed by atoms with Crippen molar-refractivity contribution in [3.8, 4) is 0 Å². The summed E-state index contributed by atoms with van der Waals surface area (Å²) in [5.74, 6) is -1.51. The first-order chi connectivity index (χ1) is 18.2. The second-order valence-corrected chi connectivity index (χ2v) is 10.0. The zero-order valence-corrected chi connectivity index (χ0v) is 21.8. The number of nitrogens with one attached hydrogen (secondary N) is 1. The van der Waals surface area contributed by atoms with Gasteiger partial charge in [0.05, 0.1) is 23.6 Å². The predicted octanol–water partition coefficient (Wildman–Crippen LogP) is 2.66. The Bertz CT molecular complexity index is 1360. The number of sulfonamides is 1. The van der Waals surface area contributed by atoms with Crippen LogP contribution in [0.3, 0.4) is 0 Å². The highest BCUT2D eigenvalue weighted by Crippen LogP contribution is 2.32. The molecule has 1 amide bonds. The van der Waals surface area contributed by atoms with Gasteiger partial charge in [-0.1, -0.05) is 60.7 Å². The molecule has 0 aliphatic rings. The van der Waals surface area contributed by atoms with Gasteiger partial charge in [0, 0.05) is 18.9 Å². The van der Waals surface area contributed by atoms with Gasteiger partial charge in [-0.15, -0.1) is 5.10 Å². The summed E-state index contributed by atoms with van der Waals surface area (Å²) in [7, 11) is -4.14. The van der Waals surface area contributed by atoms with Crippen LogP contribution in [-0.2, 0) is 24.3 Å². The number of nitrogens with two attached hydrogens (primary N) is 2. The van der Waals surface area contributed by atoms with Crippen molar-refractivity contribution in [2.45, 2.75) is 30.6 Å². The van der Waals surface area contributed by atoms with Crippen LogP contribution in [-0.4, -0.2) is 39.4 Å². The number of hydrogen-bond acceptors (Lipinski definition) is 6. The lowest BCUT2D eigenvalue weighted by molar-refractivity contribution is -0.143. The third-order valence-corrected chi connectivity index (χ3v) is 7.13. The average Bonchev–Trinajstić information content (AvgIpc) is 2.91. The molecule has 0 saturated carbocycles. The minimum absolute atomic E-state index is 0.0102. The van der Waals surface area contributed by atoms with E-state index in [-0.39, 0.29) is 48.5 Å². The zero-order valence-electron chi connectivity index (χ0n) is 21.0. The molecule has 0 aliphatic heterocycles. The molecule has 10 nitrogen and oxygen atoms in total. The average molecular weight is 538 g/mol. The summed E-state index contributed by atoms with van der Waals surface area (Å²) in [5, 5.41) is 6.65. The number of rotatable bonds is 12. The summed E-state index contributed by atoms with van der Waals surface area (Å²) in [6, 6.07) is 23.8. The Morgan fingerprint density at radius 2 is 1.58 bits per heavy atom. The molecule has 0 fully saturated rings. The summed E-state index contributed by atoms with van der Waals surface area (Å²) in [4.78, 5) is 24.4. The Kier molecular flexibility index (Phi) is 9.83. The Hall–Kier alpha value is -4.38. The van der Waals surface area contributed by atoms with Crippen LogP contribution >= 0.6 is 0 Å². The molecule has 5 N–H and O–H groups in total. The van der Waals surface area contributed by atoms with Gasteiger partial charge in [0.2, 0.25) is 11.9 Å². The monoisotopic (exact) mass is 537 g/mol. The van der Waals surface area contributed by atoms with Gasteiger partial charge in [-0.25, -0.2) is 0 Å². The molecule has 0 radical (unpaired) electrons. The van der Waals surface area contributed by atoms with E-state index in [0.717, 1.165) is 9.98 Å². The van der Waals surface area contributed by atoms with Crippen molar-refractivity contribution in [2.24, 2.45) is 16.6 Å². The lowest BCUT2D eigenvalue weighted by Crippen LogP contribution is -2.33. The van der Waals surface area contributed by atoms with Crippen LogP contribution < -0.4 is 21.2 Å². The van der Waals surface area contributed by atoms with Gasteiger partial charge in [-0.2, -0.15) is 12.8 Å². The lowest BCUT2D eigenvalue weighted by Gasteiger charge is -2.22. The molecule has 0 bridgehead atoms. The van der Waals surface area contributed by atoms with Crippen molar-refractivity contribution in [3.63, 3.8) is 0 Å². The largest absolute Gasteiger partial charge is 0.466 e. The van der Waals surface area contributed by atoms with Crippen molar-refractivity contribution in [1.29, 1.82) is 0 Å². The summed E-state index contributed by atoms with van der Waals surface area (Å²) in [6.45, 7) is 2.14. The van der Waals surface area contributed by atoms with Crippen molar-refractivity contribution >= 4 is 33.5 Å². The van der Waals surface area contributed by atoms with E-state index in [0.29, 0.717) is 5.56 Å². The minimum atomic E-state index is -4.14. The fourth-order valence-electron chi connectivity index (χ4n) is 3.82. The van der Waals surface area contributed by atoms with E-state index in [1.165, 1.54) is 12.1 Å². The SMILES string of the molecule is CCOC(=O)CCNC(=O)CC(c1ccccc1)c1cccc(N(N=C(N)N)S(=O)(=O)c2ccccc2)c1. The van der Waals surface area contributed by atoms with E-state index >= 15 is 0 Å². The number of esters is 1. The van der Waals surface area contributed by atoms with Crippen LogP contribution in [0, 0.1) is 0 Å². The fraction of sp³-hybridized carbons (Fsp3) is 0.222. The lowest BCUT2D eigenvalue weighted by atomic mass is 9.88. The summed E-state index contributed by atoms with van der Waals surface area (Å²) in [6.07, 6.45) is 0.125. The second kappa shape index (κ2) is 13.2. The van der Waals surface area contributed by atoms with Gasteiger partial charge in [0.1, 0.15) is 0 Å². The Balaban J connectivity index is 1.94. The highest BCUT2D eigenvalue weighted by molar-refractivity contribution is 7.92. The minimum Gasteiger partial charge on any atom is -0.466 e. The second-order valence-electron chi connectivity index (χ2n) is 8.25. The Morgan fingerprint density at radius 3 is 2.21 bits per heavy atom. The number of ether oxygens (including phenoxy) is 1. The predicted molar refractivity (Wildman–Crippen MR) is 146 cm³/mol. The van der Waals surface area contributed by atoms with Crippen molar-refractivity contribution in [1.82, 2.24) is 5.32 Å². The Morgan fingerprint density at radius 1 is 0.947 bits per heavy atom. The van der Waals surface area contributed by atoms with Gasteiger partial charge in [-0.05, 0) is 42.3 Å². The molecule has 200 valence electrons. The number of hydrogen-bond donors (Lipinski definition) is 3. The number of carbonyl (C=O) groups excluding carboxylic acids is 2. The third-order valence-electron chi connectivity index (χ3n) is 5.52. The van der Waals surface area contributed by atoms with Gasteiger partial charge < -0.3 is 21.5 Å². The number of carbonyl (C=O) groups is 2. The summed E-state index contributed by atoms with van der Waals surface area (Å²) in [5.41, 5.74) is 12.9. The first-order valence-corrected chi connectivity index (χ1v) is 13.4. The van der Waals surface area contributed by atoms with E-state index in [2.05, 4.69) is 10.4 Å². The molecule has 38 heavy (non-hydrogen) atoms. The molecule has 3 rings (SSSR count). The first-order valence-electron chi connectivity index (χ1n) is 12.0. The number of anilines is 1. The fourth-order valence-corrected chi connectivity index (χ4v) is 5.11. The first kappa shape index (κ1) is 28.2. The molecule has 11 heteroatoms.